The van der Waals surface area contributed by atoms with Crippen molar-refractivity contribution in [3.8, 4) is 5.75 Å². The SMILES string of the molecule is C=C(C)CN(CC)C(=O)COc1ccc(F)c(Cl)c1. The third-order valence-electron chi connectivity index (χ3n) is 2.45. The molecule has 5 heteroatoms. The summed E-state index contributed by atoms with van der Waals surface area (Å²) >= 11 is 5.63. The fourth-order valence-corrected chi connectivity index (χ4v) is 1.68. The fraction of sp³-hybridized carbons (Fsp3) is 0.357. The van der Waals surface area contributed by atoms with Gasteiger partial charge in [0.25, 0.3) is 5.91 Å². The van der Waals surface area contributed by atoms with Gasteiger partial charge in [-0.15, -0.1) is 0 Å². The van der Waals surface area contributed by atoms with Crippen LogP contribution in [0.5, 0.6) is 5.75 Å². The Hall–Kier alpha value is -1.55. The molecule has 104 valence electrons. The number of likely N-dealkylation sites (N-methyl/N-ethyl adjacent to an activating group) is 1. The first-order valence-corrected chi connectivity index (χ1v) is 6.31. The van der Waals surface area contributed by atoms with Crippen molar-refractivity contribution in [2.24, 2.45) is 0 Å². The molecule has 19 heavy (non-hydrogen) atoms. The van der Waals surface area contributed by atoms with Gasteiger partial charge < -0.3 is 9.64 Å². The van der Waals surface area contributed by atoms with Crippen molar-refractivity contribution in [1.82, 2.24) is 4.90 Å². The van der Waals surface area contributed by atoms with Gasteiger partial charge in [-0.25, -0.2) is 4.39 Å². The molecule has 1 aromatic carbocycles. The first-order valence-electron chi connectivity index (χ1n) is 5.94. The first-order chi connectivity index (χ1) is 8.93. The molecule has 3 nitrogen and oxygen atoms in total. The molecule has 1 amide bonds. The Balaban J connectivity index is 2.57. The highest BCUT2D eigenvalue weighted by Crippen LogP contribution is 2.21. The summed E-state index contributed by atoms with van der Waals surface area (Å²) in [6.07, 6.45) is 0. The second-order valence-electron chi connectivity index (χ2n) is 4.23. The van der Waals surface area contributed by atoms with Crippen molar-refractivity contribution >= 4 is 17.5 Å². The lowest BCUT2D eigenvalue weighted by Gasteiger charge is -2.21. The molecule has 1 aromatic rings. The molecule has 0 spiro atoms. The molecule has 0 heterocycles. The Morgan fingerprint density at radius 1 is 1.53 bits per heavy atom. The van der Waals surface area contributed by atoms with Crippen LogP contribution in [0.2, 0.25) is 5.02 Å². The van der Waals surface area contributed by atoms with Crippen molar-refractivity contribution in [2.75, 3.05) is 19.7 Å². The molecular weight excluding hydrogens is 269 g/mol. The zero-order valence-electron chi connectivity index (χ0n) is 11.1. The summed E-state index contributed by atoms with van der Waals surface area (Å²) in [5.74, 6) is -0.296. The van der Waals surface area contributed by atoms with Crippen LogP contribution in [0.3, 0.4) is 0 Å². The third-order valence-corrected chi connectivity index (χ3v) is 2.74. The maximum atomic E-state index is 13.0. The van der Waals surface area contributed by atoms with E-state index in [4.69, 9.17) is 16.3 Å². The summed E-state index contributed by atoms with van der Waals surface area (Å²) < 4.78 is 18.2. The highest BCUT2D eigenvalue weighted by atomic mass is 35.5. The highest BCUT2D eigenvalue weighted by molar-refractivity contribution is 6.30. The first kappa shape index (κ1) is 15.5. The number of hydrogen-bond donors (Lipinski definition) is 0. The van der Waals surface area contributed by atoms with Gasteiger partial charge in [0, 0.05) is 19.2 Å². The molecule has 0 radical (unpaired) electrons. The van der Waals surface area contributed by atoms with Crippen molar-refractivity contribution < 1.29 is 13.9 Å². The second kappa shape index (κ2) is 7.14. The highest BCUT2D eigenvalue weighted by Gasteiger charge is 2.12. The minimum absolute atomic E-state index is 0.0285. The Morgan fingerprint density at radius 2 is 2.21 bits per heavy atom. The summed E-state index contributed by atoms with van der Waals surface area (Å²) in [6.45, 7) is 8.49. The van der Waals surface area contributed by atoms with Crippen LogP contribution in [0, 0.1) is 5.82 Å². The molecule has 0 atom stereocenters. The Kier molecular flexibility index (Phi) is 5.83. The molecule has 1 rings (SSSR count). The van der Waals surface area contributed by atoms with Gasteiger partial charge >= 0.3 is 0 Å². The van der Waals surface area contributed by atoms with Crippen LogP contribution in [0.4, 0.5) is 4.39 Å². The van der Waals surface area contributed by atoms with Crippen LogP contribution < -0.4 is 4.74 Å². The molecular formula is C14H17ClFNO2. The van der Waals surface area contributed by atoms with Gasteiger partial charge in [-0.3, -0.25) is 4.79 Å². The maximum Gasteiger partial charge on any atom is 0.260 e. The van der Waals surface area contributed by atoms with Crippen molar-refractivity contribution in [3.63, 3.8) is 0 Å². The quantitative estimate of drug-likeness (QED) is 0.751. The predicted molar refractivity (Wildman–Crippen MR) is 74.0 cm³/mol. The number of halogens is 2. The summed E-state index contributed by atoms with van der Waals surface area (Å²) in [5.41, 5.74) is 0.903. The minimum atomic E-state index is -0.516. The summed E-state index contributed by atoms with van der Waals surface area (Å²) in [7, 11) is 0. The van der Waals surface area contributed by atoms with E-state index in [9.17, 15) is 9.18 Å². The van der Waals surface area contributed by atoms with E-state index in [2.05, 4.69) is 6.58 Å². The van der Waals surface area contributed by atoms with E-state index >= 15 is 0 Å². The number of hydrogen-bond acceptors (Lipinski definition) is 2. The van der Waals surface area contributed by atoms with Gasteiger partial charge in [0.2, 0.25) is 0 Å². The molecule has 0 aliphatic carbocycles. The average molecular weight is 286 g/mol. The summed E-state index contributed by atoms with van der Waals surface area (Å²) in [6, 6.07) is 3.98. The zero-order valence-corrected chi connectivity index (χ0v) is 11.8. The van der Waals surface area contributed by atoms with Gasteiger partial charge in [-0.05, 0) is 26.0 Å². The van der Waals surface area contributed by atoms with Crippen LogP contribution in [-0.4, -0.2) is 30.5 Å². The minimum Gasteiger partial charge on any atom is -0.484 e. The number of carbonyl (C=O) groups excluding carboxylic acids is 1. The smallest absolute Gasteiger partial charge is 0.260 e. The molecule has 0 N–H and O–H groups in total. The van der Waals surface area contributed by atoms with E-state index in [1.54, 1.807) is 4.90 Å². The van der Waals surface area contributed by atoms with Crippen molar-refractivity contribution in [3.05, 3.63) is 41.2 Å². The lowest BCUT2D eigenvalue weighted by atomic mass is 10.3. The molecule has 0 aliphatic heterocycles. The molecule has 0 aliphatic rings. The molecule has 0 fully saturated rings. The average Bonchev–Trinajstić information content (AvgIpc) is 2.36. The van der Waals surface area contributed by atoms with Gasteiger partial charge in [0.1, 0.15) is 11.6 Å². The van der Waals surface area contributed by atoms with E-state index in [1.165, 1.54) is 18.2 Å². The number of ether oxygens (including phenoxy) is 1. The number of benzene rings is 1. The van der Waals surface area contributed by atoms with E-state index in [0.717, 1.165) is 5.57 Å². The number of amides is 1. The van der Waals surface area contributed by atoms with E-state index < -0.39 is 5.82 Å². The van der Waals surface area contributed by atoms with Crippen molar-refractivity contribution in [2.45, 2.75) is 13.8 Å². The van der Waals surface area contributed by atoms with Crippen LogP contribution in [0.1, 0.15) is 13.8 Å². The van der Waals surface area contributed by atoms with E-state index in [0.29, 0.717) is 18.8 Å². The topological polar surface area (TPSA) is 29.5 Å². The summed E-state index contributed by atoms with van der Waals surface area (Å²) in [4.78, 5) is 13.5. The fourth-order valence-electron chi connectivity index (χ4n) is 1.51. The van der Waals surface area contributed by atoms with Gasteiger partial charge in [0.15, 0.2) is 6.61 Å². The normalized spacial score (nSPS) is 10.1. The largest absolute Gasteiger partial charge is 0.484 e. The van der Waals surface area contributed by atoms with Crippen LogP contribution in [-0.2, 0) is 4.79 Å². The van der Waals surface area contributed by atoms with Gasteiger partial charge in [-0.2, -0.15) is 0 Å². The molecule has 0 bridgehead atoms. The Bertz CT molecular complexity index is 477. The molecule has 0 unspecified atom stereocenters. The second-order valence-corrected chi connectivity index (χ2v) is 4.64. The standard InChI is InChI=1S/C14H17ClFNO2/c1-4-17(8-10(2)3)14(18)9-19-11-5-6-13(16)12(15)7-11/h5-7H,2,4,8-9H2,1,3H3. The maximum absolute atomic E-state index is 13.0. The molecule has 0 saturated carbocycles. The van der Waals surface area contributed by atoms with Crippen LogP contribution >= 0.6 is 11.6 Å². The predicted octanol–water partition coefficient (Wildman–Crippen LogP) is 3.28. The van der Waals surface area contributed by atoms with E-state index in [-0.39, 0.29) is 17.5 Å². The van der Waals surface area contributed by atoms with E-state index in [1.807, 2.05) is 13.8 Å². The Morgan fingerprint density at radius 3 is 2.74 bits per heavy atom. The monoisotopic (exact) mass is 285 g/mol. The number of rotatable bonds is 6. The summed E-state index contributed by atoms with van der Waals surface area (Å²) in [5, 5.41) is -0.0285. The zero-order chi connectivity index (χ0) is 14.4. The van der Waals surface area contributed by atoms with Crippen LogP contribution in [0.25, 0.3) is 0 Å². The lowest BCUT2D eigenvalue weighted by molar-refractivity contribution is -0.132. The third kappa shape index (κ3) is 4.91. The number of nitrogens with zero attached hydrogens (tertiary/aromatic N) is 1. The van der Waals surface area contributed by atoms with Gasteiger partial charge in [0.05, 0.1) is 5.02 Å². The molecule has 0 aromatic heterocycles. The Labute approximate surface area is 117 Å². The number of carbonyl (C=O) groups is 1. The van der Waals surface area contributed by atoms with Crippen molar-refractivity contribution in [1.29, 1.82) is 0 Å². The van der Waals surface area contributed by atoms with Gasteiger partial charge in [-0.1, -0.05) is 23.8 Å². The molecule has 0 saturated heterocycles. The van der Waals surface area contributed by atoms with Crippen LogP contribution in [0.15, 0.2) is 30.4 Å². The lowest BCUT2D eigenvalue weighted by Crippen LogP contribution is -2.35.